The second-order valence-electron chi connectivity index (χ2n) is 19.3. The lowest BCUT2D eigenvalue weighted by atomic mass is 10.0. The van der Waals surface area contributed by atoms with E-state index in [0.717, 1.165) is 57.8 Å². The van der Waals surface area contributed by atoms with Gasteiger partial charge in [0, 0.05) is 12.8 Å². The van der Waals surface area contributed by atoms with Gasteiger partial charge in [-0.1, -0.05) is 276 Å². The molecule has 0 aliphatic carbocycles. The highest BCUT2D eigenvalue weighted by atomic mass is 16.5. The summed E-state index contributed by atoms with van der Waals surface area (Å²) < 4.78 is 5.47. The van der Waals surface area contributed by atoms with Crippen LogP contribution in [0.15, 0.2) is 12.2 Å². The number of unbranched alkanes of at least 4 members (excludes halogenated alkanes) is 41. The molecule has 368 valence electrons. The molecular formula is C56H109NO5. The summed E-state index contributed by atoms with van der Waals surface area (Å²) in [7, 11) is 0. The lowest BCUT2D eigenvalue weighted by Gasteiger charge is -2.20. The van der Waals surface area contributed by atoms with Crippen molar-refractivity contribution in [1.29, 1.82) is 0 Å². The van der Waals surface area contributed by atoms with E-state index in [1.165, 1.54) is 225 Å². The molecule has 0 aromatic carbocycles. The lowest BCUT2D eigenvalue weighted by molar-refractivity contribution is -0.143. The number of allylic oxidation sites excluding steroid dienone is 1. The number of aliphatic hydroxyl groups is 2. The number of nitrogens with one attached hydrogen (secondary N) is 1. The van der Waals surface area contributed by atoms with Crippen molar-refractivity contribution in [3.8, 4) is 0 Å². The molecule has 62 heavy (non-hydrogen) atoms. The summed E-state index contributed by atoms with van der Waals surface area (Å²) in [5, 5.41) is 23.1. The number of ether oxygens (including phenoxy) is 1. The standard InChI is InChI=1S/C56H109NO5/c1-3-5-7-9-11-13-15-17-19-20-21-24-28-32-36-40-44-48-54(59)53(52-58)57-55(60)49-45-41-37-33-29-25-22-23-27-31-35-39-43-47-51-62-56(61)50-46-42-38-34-30-26-18-16-14-12-10-8-6-4-2/h44,48,53-54,58-59H,3-43,45-47,49-52H2,1-2H3,(H,57,60)/b48-44+. The van der Waals surface area contributed by atoms with E-state index in [1.54, 1.807) is 6.08 Å². The predicted molar refractivity (Wildman–Crippen MR) is 269 cm³/mol. The van der Waals surface area contributed by atoms with Gasteiger partial charge in [0.05, 0.1) is 25.4 Å². The van der Waals surface area contributed by atoms with Crippen molar-refractivity contribution < 1.29 is 24.5 Å². The average molecular weight is 876 g/mol. The zero-order valence-electron chi connectivity index (χ0n) is 41.9. The zero-order valence-corrected chi connectivity index (χ0v) is 41.9. The van der Waals surface area contributed by atoms with Crippen molar-refractivity contribution in [3.05, 3.63) is 12.2 Å². The summed E-state index contributed by atoms with van der Waals surface area (Å²) >= 11 is 0. The monoisotopic (exact) mass is 876 g/mol. The highest BCUT2D eigenvalue weighted by molar-refractivity contribution is 5.76. The normalized spacial score (nSPS) is 12.6. The van der Waals surface area contributed by atoms with Gasteiger partial charge in [-0.05, 0) is 32.1 Å². The number of carbonyl (C=O) groups is 2. The van der Waals surface area contributed by atoms with Gasteiger partial charge in [0.25, 0.3) is 0 Å². The quantitative estimate of drug-likeness (QED) is 0.0321. The Kier molecular flexibility index (Phi) is 51.0. The smallest absolute Gasteiger partial charge is 0.305 e. The number of hydrogen-bond donors (Lipinski definition) is 3. The fourth-order valence-electron chi connectivity index (χ4n) is 8.75. The first-order chi connectivity index (χ1) is 30.5. The van der Waals surface area contributed by atoms with Gasteiger partial charge in [-0.2, -0.15) is 0 Å². The van der Waals surface area contributed by atoms with Crippen LogP contribution in [0.25, 0.3) is 0 Å². The zero-order chi connectivity index (χ0) is 45.1. The van der Waals surface area contributed by atoms with Crippen LogP contribution in [0.1, 0.15) is 309 Å². The van der Waals surface area contributed by atoms with Crippen LogP contribution in [0, 0.1) is 0 Å². The van der Waals surface area contributed by atoms with Crippen LogP contribution in [-0.4, -0.2) is 47.4 Å². The molecule has 0 spiro atoms. The molecule has 0 saturated heterocycles. The van der Waals surface area contributed by atoms with Crippen molar-refractivity contribution in [2.24, 2.45) is 0 Å². The van der Waals surface area contributed by atoms with E-state index < -0.39 is 12.1 Å². The molecule has 0 aliphatic heterocycles. The largest absolute Gasteiger partial charge is 0.466 e. The van der Waals surface area contributed by atoms with E-state index in [4.69, 9.17) is 4.74 Å². The summed E-state index contributed by atoms with van der Waals surface area (Å²) in [6.07, 6.45) is 60.7. The fourth-order valence-corrected chi connectivity index (χ4v) is 8.75. The molecule has 2 unspecified atom stereocenters. The molecule has 6 heteroatoms. The Morgan fingerprint density at radius 2 is 0.742 bits per heavy atom. The Hall–Kier alpha value is -1.40. The number of hydrogen-bond acceptors (Lipinski definition) is 5. The van der Waals surface area contributed by atoms with Crippen molar-refractivity contribution >= 4 is 11.9 Å². The molecule has 0 aromatic heterocycles. The van der Waals surface area contributed by atoms with Crippen molar-refractivity contribution in [3.63, 3.8) is 0 Å². The molecule has 0 aromatic rings. The van der Waals surface area contributed by atoms with E-state index in [1.807, 2.05) is 6.08 Å². The number of aliphatic hydroxyl groups excluding tert-OH is 2. The number of carbonyl (C=O) groups excluding carboxylic acids is 2. The molecule has 0 saturated carbocycles. The Labute approximate surface area is 387 Å². The molecule has 0 radical (unpaired) electrons. The summed E-state index contributed by atoms with van der Waals surface area (Å²) in [5.74, 6) is -0.0767. The van der Waals surface area contributed by atoms with Gasteiger partial charge < -0.3 is 20.3 Å². The van der Waals surface area contributed by atoms with Gasteiger partial charge in [0.15, 0.2) is 0 Å². The Balaban J connectivity index is 3.46. The van der Waals surface area contributed by atoms with E-state index in [-0.39, 0.29) is 18.5 Å². The average Bonchev–Trinajstić information content (AvgIpc) is 3.27. The van der Waals surface area contributed by atoms with Crippen molar-refractivity contribution in [1.82, 2.24) is 5.32 Å². The highest BCUT2D eigenvalue weighted by Gasteiger charge is 2.18. The van der Waals surface area contributed by atoms with Gasteiger partial charge in [-0.15, -0.1) is 0 Å². The molecule has 0 fully saturated rings. The lowest BCUT2D eigenvalue weighted by Crippen LogP contribution is -2.45. The first kappa shape index (κ1) is 60.6. The van der Waals surface area contributed by atoms with Gasteiger partial charge in [0.2, 0.25) is 5.91 Å². The van der Waals surface area contributed by atoms with Gasteiger partial charge in [-0.25, -0.2) is 0 Å². The summed E-state index contributed by atoms with van der Waals surface area (Å²) in [5.41, 5.74) is 0. The van der Waals surface area contributed by atoms with Crippen molar-refractivity contribution in [2.75, 3.05) is 13.2 Å². The minimum atomic E-state index is -0.850. The number of esters is 1. The summed E-state index contributed by atoms with van der Waals surface area (Å²) in [6.45, 7) is 4.90. The minimum absolute atomic E-state index is 0.000678. The molecule has 0 heterocycles. The van der Waals surface area contributed by atoms with Crippen LogP contribution in [0.2, 0.25) is 0 Å². The molecule has 0 rings (SSSR count). The third-order valence-corrected chi connectivity index (χ3v) is 13.1. The molecule has 0 aliphatic rings. The Morgan fingerprint density at radius 3 is 1.10 bits per heavy atom. The molecule has 0 bridgehead atoms. The highest BCUT2D eigenvalue weighted by Crippen LogP contribution is 2.17. The van der Waals surface area contributed by atoms with Crippen molar-refractivity contribution in [2.45, 2.75) is 321 Å². The topological polar surface area (TPSA) is 95.9 Å². The third kappa shape index (κ3) is 48.1. The fraction of sp³-hybridized carbons (Fsp3) is 0.929. The van der Waals surface area contributed by atoms with Crippen LogP contribution in [0.4, 0.5) is 0 Å². The molecular weight excluding hydrogens is 767 g/mol. The van der Waals surface area contributed by atoms with E-state index in [0.29, 0.717) is 19.4 Å². The second kappa shape index (κ2) is 52.2. The predicted octanol–water partition coefficient (Wildman–Crippen LogP) is 16.9. The minimum Gasteiger partial charge on any atom is -0.466 e. The van der Waals surface area contributed by atoms with E-state index in [9.17, 15) is 19.8 Å². The first-order valence-electron chi connectivity index (χ1n) is 28.0. The molecule has 6 nitrogen and oxygen atoms in total. The summed E-state index contributed by atoms with van der Waals surface area (Å²) in [4.78, 5) is 24.5. The Bertz CT molecular complexity index is 924. The second-order valence-corrected chi connectivity index (χ2v) is 19.3. The molecule has 2 atom stereocenters. The molecule has 3 N–H and O–H groups in total. The van der Waals surface area contributed by atoms with Crippen LogP contribution in [-0.2, 0) is 14.3 Å². The number of amides is 1. The van der Waals surface area contributed by atoms with Crippen LogP contribution < -0.4 is 5.32 Å². The maximum absolute atomic E-state index is 12.5. The van der Waals surface area contributed by atoms with Crippen LogP contribution in [0.3, 0.4) is 0 Å². The van der Waals surface area contributed by atoms with Gasteiger partial charge in [-0.3, -0.25) is 9.59 Å². The van der Waals surface area contributed by atoms with Crippen LogP contribution >= 0.6 is 0 Å². The van der Waals surface area contributed by atoms with E-state index >= 15 is 0 Å². The Morgan fingerprint density at radius 1 is 0.435 bits per heavy atom. The SMILES string of the molecule is CCCCCCCCCCCCCCCCC/C=C/C(O)C(CO)NC(=O)CCCCCCCCCCCCCCCCOC(=O)CCCCCCCCCCCCCCCC. The third-order valence-electron chi connectivity index (χ3n) is 13.1. The number of rotatable bonds is 52. The van der Waals surface area contributed by atoms with Gasteiger partial charge in [0.1, 0.15) is 0 Å². The van der Waals surface area contributed by atoms with E-state index in [2.05, 4.69) is 19.2 Å². The maximum atomic E-state index is 12.5. The molecule has 1 amide bonds. The maximum Gasteiger partial charge on any atom is 0.305 e. The first-order valence-corrected chi connectivity index (χ1v) is 28.0. The van der Waals surface area contributed by atoms with Gasteiger partial charge >= 0.3 is 5.97 Å². The van der Waals surface area contributed by atoms with Crippen LogP contribution in [0.5, 0.6) is 0 Å². The summed E-state index contributed by atoms with van der Waals surface area (Å²) in [6, 6.07) is -0.635.